The van der Waals surface area contributed by atoms with Crippen molar-refractivity contribution < 1.29 is 14.6 Å². The molecule has 1 aromatic rings. The maximum atomic E-state index is 12.0. The first-order valence-electron chi connectivity index (χ1n) is 6.92. The van der Waals surface area contributed by atoms with Gasteiger partial charge in [0.15, 0.2) is 6.10 Å². The molecule has 2 unspecified atom stereocenters. The summed E-state index contributed by atoms with van der Waals surface area (Å²) in [5.74, 6) is -0.375. The third kappa shape index (κ3) is 3.56. The number of amides is 1. The van der Waals surface area contributed by atoms with E-state index in [0.29, 0.717) is 18.7 Å². The molecule has 1 amide bonds. The highest BCUT2D eigenvalue weighted by Crippen LogP contribution is 2.19. The van der Waals surface area contributed by atoms with Crippen molar-refractivity contribution in [3.05, 3.63) is 35.9 Å². The summed E-state index contributed by atoms with van der Waals surface area (Å²) >= 11 is 0. The lowest BCUT2D eigenvalue weighted by molar-refractivity contribution is -0.130. The number of aliphatic hydroxyl groups excluding tert-OH is 1. The number of hydrogen-bond donors (Lipinski definition) is 3. The van der Waals surface area contributed by atoms with E-state index in [0.717, 1.165) is 19.4 Å². The molecule has 0 aliphatic carbocycles. The lowest BCUT2D eigenvalue weighted by Gasteiger charge is -2.29. The Kier molecular flexibility index (Phi) is 5.11. The predicted octanol–water partition coefficient (Wildman–Crippen LogP) is 0.605. The molecular formula is C15H22N2O3. The van der Waals surface area contributed by atoms with Crippen molar-refractivity contribution in [1.82, 2.24) is 10.6 Å². The van der Waals surface area contributed by atoms with Gasteiger partial charge in [-0.3, -0.25) is 4.79 Å². The molecule has 1 aromatic carbocycles. The van der Waals surface area contributed by atoms with E-state index >= 15 is 0 Å². The van der Waals surface area contributed by atoms with Gasteiger partial charge in [-0.25, -0.2) is 0 Å². The fourth-order valence-corrected chi connectivity index (χ4v) is 2.61. The highest BCUT2D eigenvalue weighted by molar-refractivity contribution is 5.81. The van der Waals surface area contributed by atoms with Gasteiger partial charge in [0.1, 0.15) is 0 Å². The van der Waals surface area contributed by atoms with Crippen molar-refractivity contribution in [3.63, 3.8) is 0 Å². The van der Waals surface area contributed by atoms with Crippen LogP contribution in [0.15, 0.2) is 30.3 Å². The van der Waals surface area contributed by atoms with E-state index in [4.69, 9.17) is 4.74 Å². The molecule has 1 aliphatic rings. The summed E-state index contributed by atoms with van der Waals surface area (Å²) in [5, 5.41) is 16.2. The Hall–Kier alpha value is -1.43. The number of benzene rings is 1. The second-order valence-electron chi connectivity index (χ2n) is 5.27. The first-order chi connectivity index (χ1) is 9.67. The standard InChI is InChI=1S/C15H22N2O3/c1-20-11-15(8-5-9-17-15)10-16-14(19)13(18)12-6-3-2-4-7-12/h2-4,6-7,13,17-18H,5,8-11H2,1H3,(H,16,19). The second-order valence-corrected chi connectivity index (χ2v) is 5.27. The molecule has 0 radical (unpaired) electrons. The largest absolute Gasteiger partial charge is 0.383 e. The van der Waals surface area contributed by atoms with Gasteiger partial charge in [0, 0.05) is 13.7 Å². The Labute approximate surface area is 119 Å². The van der Waals surface area contributed by atoms with Crippen LogP contribution in [0.2, 0.25) is 0 Å². The maximum Gasteiger partial charge on any atom is 0.253 e. The van der Waals surface area contributed by atoms with Crippen molar-refractivity contribution in [3.8, 4) is 0 Å². The molecule has 5 heteroatoms. The average Bonchev–Trinajstić information content (AvgIpc) is 2.94. The number of rotatable bonds is 6. The van der Waals surface area contributed by atoms with E-state index in [1.54, 1.807) is 31.4 Å². The molecule has 0 spiro atoms. The van der Waals surface area contributed by atoms with E-state index in [1.807, 2.05) is 6.07 Å². The normalized spacial score (nSPS) is 23.5. The molecular weight excluding hydrogens is 256 g/mol. The molecule has 20 heavy (non-hydrogen) atoms. The summed E-state index contributed by atoms with van der Waals surface area (Å²) in [6.45, 7) is 1.94. The zero-order valence-corrected chi connectivity index (χ0v) is 11.8. The monoisotopic (exact) mass is 278 g/mol. The van der Waals surface area contributed by atoms with Crippen LogP contribution in [0, 0.1) is 0 Å². The van der Waals surface area contributed by atoms with Crippen LogP contribution >= 0.6 is 0 Å². The first kappa shape index (κ1) is 15.0. The van der Waals surface area contributed by atoms with Crippen molar-refractivity contribution in [2.24, 2.45) is 0 Å². The Bertz CT molecular complexity index is 430. The highest BCUT2D eigenvalue weighted by atomic mass is 16.5. The van der Waals surface area contributed by atoms with Crippen LogP contribution in [0.1, 0.15) is 24.5 Å². The fraction of sp³-hybridized carbons (Fsp3) is 0.533. The summed E-state index contributed by atoms with van der Waals surface area (Å²) in [4.78, 5) is 12.0. The van der Waals surface area contributed by atoms with E-state index in [2.05, 4.69) is 10.6 Å². The summed E-state index contributed by atoms with van der Waals surface area (Å²) in [7, 11) is 1.66. The molecule has 0 bridgehead atoms. The molecule has 2 atom stereocenters. The van der Waals surface area contributed by atoms with E-state index in [9.17, 15) is 9.90 Å². The van der Waals surface area contributed by atoms with Crippen molar-refractivity contribution in [2.75, 3.05) is 26.8 Å². The van der Waals surface area contributed by atoms with Gasteiger partial charge < -0.3 is 20.5 Å². The van der Waals surface area contributed by atoms with Crippen LogP contribution < -0.4 is 10.6 Å². The Morgan fingerprint density at radius 1 is 1.50 bits per heavy atom. The number of methoxy groups -OCH3 is 1. The lowest BCUT2D eigenvalue weighted by Crippen LogP contribution is -2.53. The van der Waals surface area contributed by atoms with E-state index in [1.165, 1.54) is 0 Å². The molecule has 3 N–H and O–H groups in total. The second kappa shape index (κ2) is 6.83. The number of carbonyl (C=O) groups is 1. The van der Waals surface area contributed by atoms with Gasteiger partial charge in [-0.15, -0.1) is 0 Å². The highest BCUT2D eigenvalue weighted by Gasteiger charge is 2.34. The van der Waals surface area contributed by atoms with Crippen LogP contribution in [-0.2, 0) is 9.53 Å². The summed E-state index contributed by atoms with van der Waals surface area (Å²) in [5.41, 5.74) is 0.394. The van der Waals surface area contributed by atoms with Crippen LogP contribution in [0.4, 0.5) is 0 Å². The molecule has 1 fully saturated rings. The molecule has 5 nitrogen and oxygen atoms in total. The summed E-state index contributed by atoms with van der Waals surface area (Å²) in [6.07, 6.45) is 0.903. The Balaban J connectivity index is 1.91. The molecule has 110 valence electrons. The zero-order valence-electron chi connectivity index (χ0n) is 11.8. The summed E-state index contributed by atoms with van der Waals surface area (Å²) < 4.78 is 5.23. The number of ether oxygens (including phenoxy) is 1. The molecule has 1 saturated heterocycles. The van der Waals surface area contributed by atoms with Crippen LogP contribution in [0.3, 0.4) is 0 Å². The van der Waals surface area contributed by atoms with Crippen molar-refractivity contribution in [2.45, 2.75) is 24.5 Å². The minimum absolute atomic E-state index is 0.208. The minimum Gasteiger partial charge on any atom is -0.383 e. The van der Waals surface area contributed by atoms with Crippen molar-refractivity contribution in [1.29, 1.82) is 0 Å². The molecule has 2 rings (SSSR count). The summed E-state index contributed by atoms with van der Waals surface area (Å²) in [6, 6.07) is 8.93. The van der Waals surface area contributed by atoms with Gasteiger partial charge in [-0.2, -0.15) is 0 Å². The smallest absolute Gasteiger partial charge is 0.253 e. The third-order valence-corrected chi connectivity index (χ3v) is 3.72. The van der Waals surface area contributed by atoms with Gasteiger partial charge in [-0.1, -0.05) is 30.3 Å². The van der Waals surface area contributed by atoms with Gasteiger partial charge in [0.05, 0.1) is 12.1 Å². The van der Waals surface area contributed by atoms with Crippen molar-refractivity contribution >= 4 is 5.91 Å². The third-order valence-electron chi connectivity index (χ3n) is 3.72. The molecule has 1 heterocycles. The topological polar surface area (TPSA) is 70.6 Å². The number of hydrogen-bond acceptors (Lipinski definition) is 4. The van der Waals surface area contributed by atoms with Crippen LogP contribution in [-0.4, -0.2) is 43.4 Å². The number of nitrogens with one attached hydrogen (secondary N) is 2. The molecule has 1 aliphatic heterocycles. The maximum absolute atomic E-state index is 12.0. The average molecular weight is 278 g/mol. The Morgan fingerprint density at radius 3 is 2.85 bits per heavy atom. The SMILES string of the molecule is COCC1(CNC(=O)C(O)c2ccccc2)CCCN1. The zero-order chi connectivity index (χ0) is 14.4. The van der Waals surface area contributed by atoms with Gasteiger partial charge in [-0.05, 0) is 24.9 Å². The van der Waals surface area contributed by atoms with Crippen LogP contribution in [0.5, 0.6) is 0 Å². The number of aliphatic hydroxyl groups is 1. The Morgan fingerprint density at radius 2 is 2.25 bits per heavy atom. The number of carbonyl (C=O) groups excluding carboxylic acids is 1. The van der Waals surface area contributed by atoms with Crippen LogP contribution in [0.25, 0.3) is 0 Å². The van der Waals surface area contributed by atoms with Gasteiger partial charge in [0.25, 0.3) is 5.91 Å². The van der Waals surface area contributed by atoms with Gasteiger partial charge >= 0.3 is 0 Å². The van der Waals surface area contributed by atoms with E-state index < -0.39 is 6.10 Å². The molecule has 0 aromatic heterocycles. The lowest BCUT2D eigenvalue weighted by atomic mass is 9.98. The predicted molar refractivity (Wildman–Crippen MR) is 76.3 cm³/mol. The van der Waals surface area contributed by atoms with E-state index in [-0.39, 0.29) is 11.4 Å². The minimum atomic E-state index is -1.13. The first-order valence-corrected chi connectivity index (χ1v) is 6.92. The molecule has 0 saturated carbocycles. The quantitative estimate of drug-likeness (QED) is 0.713. The fourth-order valence-electron chi connectivity index (χ4n) is 2.61. The van der Waals surface area contributed by atoms with Gasteiger partial charge in [0.2, 0.25) is 0 Å².